The first-order valence-corrected chi connectivity index (χ1v) is 5.71. The van der Waals surface area contributed by atoms with Crippen LogP contribution in [0.3, 0.4) is 0 Å². The van der Waals surface area contributed by atoms with Crippen molar-refractivity contribution in [2.75, 3.05) is 0 Å². The van der Waals surface area contributed by atoms with Crippen LogP contribution in [0, 0.1) is 0 Å². The molecule has 0 radical (unpaired) electrons. The fourth-order valence-electron chi connectivity index (χ4n) is 2.13. The van der Waals surface area contributed by atoms with Gasteiger partial charge >= 0.3 is 11.8 Å². The first-order chi connectivity index (χ1) is 9.32. The van der Waals surface area contributed by atoms with Crippen molar-refractivity contribution < 1.29 is 22.4 Å². The van der Waals surface area contributed by atoms with E-state index in [4.69, 9.17) is 0 Å². The van der Waals surface area contributed by atoms with Gasteiger partial charge < -0.3 is 0 Å². The average Bonchev–Trinajstić information content (AvgIpc) is 2.58. The topological polar surface area (TPSA) is 30.0 Å². The molecular weight excluding hydrogens is 274 g/mol. The normalized spacial score (nSPS) is 20.2. The first-order valence-electron chi connectivity index (χ1n) is 5.71. The lowest BCUT2D eigenvalue weighted by Gasteiger charge is -2.12. The van der Waals surface area contributed by atoms with Crippen molar-refractivity contribution in [3.8, 4) is 0 Å². The predicted molar refractivity (Wildman–Crippen MR) is 64.6 cm³/mol. The Bertz CT molecular complexity index is 752. The van der Waals surface area contributed by atoms with Crippen molar-refractivity contribution in [3.05, 3.63) is 48.3 Å². The number of Topliss-reactive ketones (excluding diaryl/α,β-unsaturated/α-hetero) is 1. The molecule has 102 valence electrons. The minimum atomic E-state index is -4.22. The molecule has 0 N–H and O–H groups in total. The minimum absolute atomic E-state index is 0.00750. The van der Waals surface area contributed by atoms with Crippen LogP contribution in [0.5, 0.6) is 0 Å². The summed E-state index contributed by atoms with van der Waals surface area (Å²) in [5.41, 5.74) is -1.36. The lowest BCUT2D eigenvalue weighted by molar-refractivity contribution is -0.152. The molecule has 0 bridgehead atoms. The van der Waals surface area contributed by atoms with Crippen LogP contribution in [0.15, 0.2) is 42.6 Å². The summed E-state index contributed by atoms with van der Waals surface area (Å²) in [6, 6.07) is 8.06. The molecule has 2 nitrogen and oxygen atoms in total. The number of hydrogen-bond donors (Lipinski definition) is 0. The third kappa shape index (κ3) is 1.71. The number of nitrogens with zero attached hydrogens (tertiary/aromatic N) is 1. The second-order valence-corrected chi connectivity index (χ2v) is 4.50. The number of benzene rings is 1. The van der Waals surface area contributed by atoms with E-state index in [1.54, 1.807) is 24.3 Å². The Morgan fingerprint density at radius 2 is 1.65 bits per heavy atom. The summed E-state index contributed by atoms with van der Waals surface area (Å²) < 4.78 is 53.6. The molecule has 0 aliphatic heterocycles. The van der Waals surface area contributed by atoms with Crippen LogP contribution < -0.4 is 0 Å². The van der Waals surface area contributed by atoms with Gasteiger partial charge in [0, 0.05) is 17.7 Å². The predicted octanol–water partition coefficient (Wildman–Crippen LogP) is 3.47. The van der Waals surface area contributed by atoms with Crippen molar-refractivity contribution in [2.45, 2.75) is 11.8 Å². The van der Waals surface area contributed by atoms with Gasteiger partial charge in [-0.05, 0) is 11.5 Å². The summed E-state index contributed by atoms with van der Waals surface area (Å²) in [6.45, 7) is 0. The van der Waals surface area contributed by atoms with Crippen molar-refractivity contribution >= 4 is 22.1 Å². The van der Waals surface area contributed by atoms with E-state index in [0.29, 0.717) is 10.8 Å². The Balaban J connectivity index is 2.18. The lowest BCUT2D eigenvalue weighted by atomic mass is 10.0. The second kappa shape index (κ2) is 3.88. The Kier molecular flexibility index (Phi) is 2.48. The molecule has 2 aromatic rings. The van der Waals surface area contributed by atoms with Gasteiger partial charge in [0.2, 0.25) is 0 Å². The maximum Gasteiger partial charge on any atom is 0.338 e. The highest BCUT2D eigenvalue weighted by atomic mass is 19.3. The molecule has 0 saturated carbocycles. The molecule has 1 aliphatic rings. The third-order valence-corrected chi connectivity index (χ3v) is 3.16. The van der Waals surface area contributed by atoms with Crippen molar-refractivity contribution in [1.82, 2.24) is 4.98 Å². The number of rotatable bonds is 1. The van der Waals surface area contributed by atoms with Crippen molar-refractivity contribution in [1.29, 1.82) is 0 Å². The van der Waals surface area contributed by atoms with Gasteiger partial charge in [-0.2, -0.15) is 17.6 Å². The van der Waals surface area contributed by atoms with Crippen LogP contribution in [0.2, 0.25) is 0 Å². The average molecular weight is 281 g/mol. The molecule has 1 aliphatic carbocycles. The molecular formula is C14H7F4NO. The van der Waals surface area contributed by atoms with E-state index in [2.05, 4.69) is 4.98 Å². The quantitative estimate of drug-likeness (QED) is 0.749. The summed E-state index contributed by atoms with van der Waals surface area (Å²) in [4.78, 5) is 14.8. The monoisotopic (exact) mass is 281 g/mol. The largest absolute Gasteiger partial charge is 0.338 e. The van der Waals surface area contributed by atoms with Crippen LogP contribution >= 0.6 is 0 Å². The van der Waals surface area contributed by atoms with Gasteiger partial charge in [-0.3, -0.25) is 9.78 Å². The van der Waals surface area contributed by atoms with Gasteiger partial charge in [-0.25, -0.2) is 0 Å². The van der Waals surface area contributed by atoms with E-state index >= 15 is 0 Å². The van der Waals surface area contributed by atoms with E-state index in [0.717, 1.165) is 0 Å². The molecule has 1 heterocycles. The molecule has 0 unspecified atom stereocenters. The molecule has 0 spiro atoms. The fourth-order valence-corrected chi connectivity index (χ4v) is 2.13. The van der Waals surface area contributed by atoms with E-state index < -0.39 is 23.2 Å². The van der Waals surface area contributed by atoms with E-state index in [-0.39, 0.29) is 11.8 Å². The van der Waals surface area contributed by atoms with Crippen LogP contribution in [0.4, 0.5) is 17.6 Å². The van der Waals surface area contributed by atoms with Crippen LogP contribution in [-0.2, 0) is 4.79 Å². The van der Waals surface area contributed by atoms with Crippen LogP contribution in [-0.4, -0.2) is 22.6 Å². The van der Waals surface area contributed by atoms with Gasteiger partial charge in [0.15, 0.2) is 0 Å². The number of alkyl halides is 4. The molecule has 1 aromatic carbocycles. The SMILES string of the molecule is O=C1C(F)(F)C=C(c2cc3ccccc3cn2)C1(F)F. The lowest BCUT2D eigenvalue weighted by Crippen LogP contribution is -2.35. The van der Waals surface area contributed by atoms with Crippen molar-refractivity contribution in [3.63, 3.8) is 0 Å². The molecule has 1 aromatic heterocycles. The number of fused-ring (bicyclic) bond motifs is 1. The number of carbonyl (C=O) groups excluding carboxylic acids is 1. The van der Waals surface area contributed by atoms with Gasteiger partial charge in [0.25, 0.3) is 5.78 Å². The Morgan fingerprint density at radius 1 is 1.00 bits per heavy atom. The standard InChI is InChI=1S/C14H7F4NO/c15-13(16)6-10(14(17,18)12(13)20)11-5-8-3-1-2-4-9(8)7-19-11/h1-7H. The van der Waals surface area contributed by atoms with E-state index in [1.807, 2.05) is 0 Å². The summed E-state index contributed by atoms with van der Waals surface area (Å²) in [7, 11) is 0. The molecule has 6 heteroatoms. The van der Waals surface area contributed by atoms with Gasteiger partial charge in [-0.1, -0.05) is 24.3 Å². The molecule has 0 amide bonds. The number of aromatic nitrogens is 1. The summed E-state index contributed by atoms with van der Waals surface area (Å²) in [5, 5.41) is 1.27. The fraction of sp³-hybridized carbons (Fsp3) is 0.143. The molecule has 0 atom stereocenters. The number of ketones is 1. The summed E-state index contributed by atoms with van der Waals surface area (Å²) in [6.07, 6.45) is 1.30. The number of halogens is 4. The van der Waals surface area contributed by atoms with Gasteiger partial charge in [-0.15, -0.1) is 0 Å². The van der Waals surface area contributed by atoms with Crippen molar-refractivity contribution in [2.24, 2.45) is 0 Å². The maximum absolute atomic E-state index is 13.6. The van der Waals surface area contributed by atoms with Crippen LogP contribution in [0.1, 0.15) is 5.69 Å². The maximum atomic E-state index is 13.6. The zero-order valence-electron chi connectivity index (χ0n) is 9.91. The highest BCUT2D eigenvalue weighted by Gasteiger charge is 2.61. The Labute approximate surface area is 110 Å². The Morgan fingerprint density at radius 3 is 2.25 bits per heavy atom. The summed E-state index contributed by atoms with van der Waals surface area (Å²) in [5.74, 6) is -10.8. The third-order valence-electron chi connectivity index (χ3n) is 3.16. The Hall–Kier alpha value is -2.24. The molecule has 0 saturated heterocycles. The number of pyridine rings is 1. The van der Waals surface area contributed by atoms with E-state index in [1.165, 1.54) is 12.3 Å². The smallest absolute Gasteiger partial charge is 0.285 e. The number of hydrogen-bond acceptors (Lipinski definition) is 2. The first kappa shape index (κ1) is 12.8. The van der Waals surface area contributed by atoms with Gasteiger partial charge in [0.1, 0.15) is 0 Å². The summed E-state index contributed by atoms with van der Waals surface area (Å²) >= 11 is 0. The highest BCUT2D eigenvalue weighted by Crippen LogP contribution is 2.45. The highest BCUT2D eigenvalue weighted by molar-refractivity contribution is 6.09. The molecule has 20 heavy (non-hydrogen) atoms. The van der Waals surface area contributed by atoms with Crippen LogP contribution in [0.25, 0.3) is 16.3 Å². The molecule has 0 fully saturated rings. The minimum Gasteiger partial charge on any atom is -0.285 e. The number of allylic oxidation sites excluding steroid dienone is 2. The zero-order chi connectivity index (χ0) is 14.5. The van der Waals surface area contributed by atoms with Gasteiger partial charge in [0.05, 0.1) is 11.3 Å². The van der Waals surface area contributed by atoms with E-state index in [9.17, 15) is 22.4 Å². The number of carbonyl (C=O) groups is 1. The second-order valence-electron chi connectivity index (χ2n) is 4.50. The molecule has 3 rings (SSSR count). The zero-order valence-corrected chi connectivity index (χ0v) is 9.91.